The molecule has 1 aliphatic rings. The van der Waals surface area contributed by atoms with E-state index in [1.54, 1.807) is 18.5 Å². The van der Waals surface area contributed by atoms with Crippen molar-refractivity contribution in [1.29, 1.82) is 0 Å². The number of anilines is 1. The summed E-state index contributed by atoms with van der Waals surface area (Å²) in [6.45, 7) is 3.42. The molecule has 0 spiro atoms. The SMILES string of the molecule is O=C(NCCc1cccc(Cl)c1)N1CCN(c2ncccn2)CC1. The third-order valence-corrected chi connectivity index (χ3v) is 4.22. The molecule has 1 aromatic carbocycles. The van der Waals surface area contributed by atoms with Gasteiger partial charge in [0, 0.05) is 50.1 Å². The molecule has 3 rings (SSSR count). The molecule has 7 heteroatoms. The van der Waals surface area contributed by atoms with Gasteiger partial charge in [-0.3, -0.25) is 0 Å². The second kappa shape index (κ2) is 7.97. The summed E-state index contributed by atoms with van der Waals surface area (Å²) in [5.74, 6) is 0.721. The molecule has 2 amide bonds. The molecule has 0 saturated carbocycles. The Labute approximate surface area is 146 Å². The van der Waals surface area contributed by atoms with Gasteiger partial charge in [0.15, 0.2) is 0 Å². The Morgan fingerprint density at radius 2 is 1.88 bits per heavy atom. The maximum Gasteiger partial charge on any atom is 0.317 e. The van der Waals surface area contributed by atoms with Crippen molar-refractivity contribution in [3.8, 4) is 0 Å². The first-order valence-electron chi connectivity index (χ1n) is 8.01. The number of hydrogen-bond donors (Lipinski definition) is 1. The van der Waals surface area contributed by atoms with Gasteiger partial charge in [-0.05, 0) is 30.2 Å². The van der Waals surface area contributed by atoms with Crippen LogP contribution in [0.1, 0.15) is 5.56 Å². The lowest BCUT2D eigenvalue weighted by Crippen LogP contribution is -2.52. The summed E-state index contributed by atoms with van der Waals surface area (Å²) in [6, 6.07) is 9.48. The molecule has 1 fully saturated rings. The number of piperazine rings is 1. The Hall–Kier alpha value is -2.34. The van der Waals surface area contributed by atoms with Crippen molar-refractivity contribution in [2.75, 3.05) is 37.6 Å². The standard InChI is InChI=1S/C17H20ClN5O/c18-15-4-1-3-14(13-15)5-8-21-17(24)23-11-9-22(10-12-23)16-19-6-2-7-20-16/h1-4,6-7,13H,5,8-12H2,(H,21,24). The van der Waals surface area contributed by atoms with E-state index in [-0.39, 0.29) is 6.03 Å². The summed E-state index contributed by atoms with van der Waals surface area (Å²) < 4.78 is 0. The van der Waals surface area contributed by atoms with E-state index in [2.05, 4.69) is 20.2 Å². The van der Waals surface area contributed by atoms with Crippen LogP contribution in [0.4, 0.5) is 10.7 Å². The quantitative estimate of drug-likeness (QED) is 0.922. The number of rotatable bonds is 4. The van der Waals surface area contributed by atoms with Crippen LogP contribution < -0.4 is 10.2 Å². The maximum atomic E-state index is 12.2. The van der Waals surface area contributed by atoms with Gasteiger partial charge in [0.05, 0.1) is 0 Å². The monoisotopic (exact) mass is 345 g/mol. The van der Waals surface area contributed by atoms with Crippen LogP contribution in [0.25, 0.3) is 0 Å². The highest BCUT2D eigenvalue weighted by molar-refractivity contribution is 6.30. The molecule has 0 aliphatic carbocycles. The van der Waals surface area contributed by atoms with E-state index in [9.17, 15) is 4.79 Å². The summed E-state index contributed by atoms with van der Waals surface area (Å²) in [6.07, 6.45) is 4.23. The van der Waals surface area contributed by atoms with Crippen LogP contribution in [0.15, 0.2) is 42.7 Å². The topological polar surface area (TPSA) is 61.4 Å². The molecule has 24 heavy (non-hydrogen) atoms. The van der Waals surface area contributed by atoms with Crippen molar-refractivity contribution >= 4 is 23.6 Å². The maximum absolute atomic E-state index is 12.2. The van der Waals surface area contributed by atoms with E-state index in [4.69, 9.17) is 11.6 Å². The number of hydrogen-bond acceptors (Lipinski definition) is 4. The molecule has 2 aromatic rings. The third kappa shape index (κ3) is 4.35. The van der Waals surface area contributed by atoms with E-state index >= 15 is 0 Å². The minimum Gasteiger partial charge on any atom is -0.338 e. The van der Waals surface area contributed by atoms with Crippen LogP contribution in [-0.4, -0.2) is 53.6 Å². The van der Waals surface area contributed by atoms with Crippen LogP contribution in [0.5, 0.6) is 0 Å². The van der Waals surface area contributed by atoms with Gasteiger partial charge < -0.3 is 15.1 Å². The number of aromatic nitrogens is 2. The summed E-state index contributed by atoms with van der Waals surface area (Å²) in [7, 11) is 0. The van der Waals surface area contributed by atoms with Crippen LogP contribution in [0, 0.1) is 0 Å². The number of benzene rings is 1. The van der Waals surface area contributed by atoms with E-state index < -0.39 is 0 Å². The van der Waals surface area contributed by atoms with E-state index in [1.807, 2.05) is 29.2 Å². The van der Waals surface area contributed by atoms with Crippen LogP contribution in [-0.2, 0) is 6.42 Å². The molecule has 1 N–H and O–H groups in total. The Morgan fingerprint density at radius 3 is 2.58 bits per heavy atom. The van der Waals surface area contributed by atoms with E-state index in [0.29, 0.717) is 19.6 Å². The molecule has 1 aliphatic heterocycles. The predicted molar refractivity (Wildman–Crippen MR) is 94.4 cm³/mol. The highest BCUT2D eigenvalue weighted by atomic mass is 35.5. The fourth-order valence-corrected chi connectivity index (χ4v) is 2.89. The van der Waals surface area contributed by atoms with E-state index in [1.165, 1.54) is 0 Å². The molecule has 0 unspecified atom stereocenters. The van der Waals surface area contributed by atoms with Crippen molar-refractivity contribution in [3.05, 3.63) is 53.3 Å². The zero-order valence-corrected chi connectivity index (χ0v) is 14.1. The van der Waals surface area contributed by atoms with Gasteiger partial charge in [0.1, 0.15) is 0 Å². The second-order valence-corrected chi connectivity index (χ2v) is 6.07. The molecule has 6 nitrogen and oxygen atoms in total. The largest absolute Gasteiger partial charge is 0.338 e. The molecule has 2 heterocycles. The van der Waals surface area contributed by atoms with Gasteiger partial charge in [-0.2, -0.15) is 0 Å². The smallest absolute Gasteiger partial charge is 0.317 e. The number of urea groups is 1. The minimum atomic E-state index is -0.0225. The molecule has 0 radical (unpaired) electrons. The minimum absolute atomic E-state index is 0.0225. The average Bonchev–Trinajstić information content (AvgIpc) is 2.63. The second-order valence-electron chi connectivity index (χ2n) is 5.63. The molecule has 0 atom stereocenters. The van der Waals surface area contributed by atoms with Crippen molar-refractivity contribution in [1.82, 2.24) is 20.2 Å². The predicted octanol–water partition coefficient (Wildman–Crippen LogP) is 2.20. The summed E-state index contributed by atoms with van der Waals surface area (Å²) in [5, 5.41) is 3.69. The highest BCUT2D eigenvalue weighted by Gasteiger charge is 2.21. The van der Waals surface area contributed by atoms with Gasteiger partial charge in [-0.1, -0.05) is 23.7 Å². The summed E-state index contributed by atoms with van der Waals surface area (Å²) in [4.78, 5) is 24.7. The van der Waals surface area contributed by atoms with Crippen molar-refractivity contribution in [2.45, 2.75) is 6.42 Å². The van der Waals surface area contributed by atoms with Gasteiger partial charge in [0.2, 0.25) is 5.95 Å². The number of carbonyl (C=O) groups excluding carboxylic acids is 1. The molecular formula is C17H20ClN5O. The van der Waals surface area contributed by atoms with Crippen molar-refractivity contribution in [3.63, 3.8) is 0 Å². The lowest BCUT2D eigenvalue weighted by atomic mass is 10.1. The number of halogens is 1. The van der Waals surface area contributed by atoms with E-state index in [0.717, 1.165) is 36.0 Å². The zero-order chi connectivity index (χ0) is 16.8. The molecular weight excluding hydrogens is 326 g/mol. The van der Waals surface area contributed by atoms with Crippen LogP contribution in [0.3, 0.4) is 0 Å². The zero-order valence-electron chi connectivity index (χ0n) is 13.4. The Bertz CT molecular complexity index is 674. The number of carbonyl (C=O) groups is 1. The molecule has 126 valence electrons. The highest BCUT2D eigenvalue weighted by Crippen LogP contribution is 2.11. The molecule has 1 saturated heterocycles. The fourth-order valence-electron chi connectivity index (χ4n) is 2.68. The van der Waals surface area contributed by atoms with Crippen LogP contribution >= 0.6 is 11.6 Å². The summed E-state index contributed by atoms with van der Waals surface area (Å²) >= 11 is 5.96. The Kier molecular flexibility index (Phi) is 5.48. The lowest BCUT2D eigenvalue weighted by molar-refractivity contribution is 0.194. The number of nitrogens with one attached hydrogen (secondary N) is 1. The third-order valence-electron chi connectivity index (χ3n) is 3.98. The van der Waals surface area contributed by atoms with Gasteiger partial charge in [0.25, 0.3) is 0 Å². The first-order chi connectivity index (χ1) is 11.7. The lowest BCUT2D eigenvalue weighted by Gasteiger charge is -2.34. The van der Waals surface area contributed by atoms with Crippen molar-refractivity contribution in [2.24, 2.45) is 0 Å². The normalized spacial score (nSPS) is 14.5. The Morgan fingerprint density at radius 1 is 1.12 bits per heavy atom. The first-order valence-corrected chi connectivity index (χ1v) is 8.39. The molecule has 0 bridgehead atoms. The fraction of sp³-hybridized carbons (Fsp3) is 0.353. The Balaban J connectivity index is 1.42. The number of nitrogens with zero attached hydrogens (tertiary/aromatic N) is 4. The number of amides is 2. The van der Waals surface area contributed by atoms with Crippen LogP contribution in [0.2, 0.25) is 5.02 Å². The first kappa shape index (κ1) is 16.5. The molecule has 1 aromatic heterocycles. The van der Waals surface area contributed by atoms with Gasteiger partial charge >= 0.3 is 6.03 Å². The van der Waals surface area contributed by atoms with Crippen molar-refractivity contribution < 1.29 is 4.79 Å². The van der Waals surface area contributed by atoms with Gasteiger partial charge in [-0.15, -0.1) is 0 Å². The average molecular weight is 346 g/mol. The summed E-state index contributed by atoms with van der Waals surface area (Å²) in [5.41, 5.74) is 1.12. The van der Waals surface area contributed by atoms with Gasteiger partial charge in [-0.25, -0.2) is 14.8 Å².